The summed E-state index contributed by atoms with van der Waals surface area (Å²) in [6.07, 6.45) is 0. The molecule has 0 bridgehead atoms. The number of nitrogens with one attached hydrogen (secondary N) is 1. The van der Waals surface area contributed by atoms with Gasteiger partial charge in [0.25, 0.3) is 5.91 Å². The lowest BCUT2D eigenvalue weighted by molar-refractivity contribution is -0.132. The van der Waals surface area contributed by atoms with Gasteiger partial charge in [-0.3, -0.25) is 9.63 Å². The smallest absolute Gasteiger partial charge is 0.255 e. The fourth-order valence-corrected chi connectivity index (χ4v) is 2.35. The average molecular weight is 255 g/mol. The molecule has 0 atom stereocenters. The number of fused-ring (bicyclic) bond motifs is 2. The van der Waals surface area contributed by atoms with Crippen LogP contribution in [0.5, 0.6) is 11.5 Å². The molecule has 0 fully saturated rings. The normalized spacial score (nSPS) is 13.1. The van der Waals surface area contributed by atoms with Crippen LogP contribution in [-0.2, 0) is 9.63 Å². The number of rotatable bonds is 2. The Kier molecular flexibility index (Phi) is 2.93. The number of carbonyl (C=O) groups excluding carboxylic acids is 1. The molecule has 2 aromatic carbocycles. The molecule has 1 aliphatic heterocycles. The number of ether oxygens (including phenoxy) is 1. The standard InChI is InChI=1S/C15H13NO3/c1-18-16-15(17)14-10-6-2-4-8-12(10)19-13-9-5-3-7-11(13)14/h2-9,14H,1H3,(H,16,17). The van der Waals surface area contributed by atoms with E-state index in [4.69, 9.17) is 9.57 Å². The third kappa shape index (κ3) is 1.96. The van der Waals surface area contributed by atoms with E-state index in [9.17, 15) is 4.79 Å². The van der Waals surface area contributed by atoms with Crippen LogP contribution in [-0.4, -0.2) is 13.0 Å². The van der Waals surface area contributed by atoms with E-state index in [1.165, 1.54) is 7.11 Å². The highest BCUT2D eigenvalue weighted by atomic mass is 16.6. The van der Waals surface area contributed by atoms with Gasteiger partial charge in [0.1, 0.15) is 11.5 Å². The molecule has 0 unspecified atom stereocenters. The van der Waals surface area contributed by atoms with E-state index in [1.807, 2.05) is 48.5 Å². The molecule has 1 amide bonds. The Morgan fingerprint density at radius 1 is 1.05 bits per heavy atom. The minimum Gasteiger partial charge on any atom is -0.457 e. The Bertz CT molecular complexity index is 579. The number of amides is 1. The second kappa shape index (κ2) is 4.74. The van der Waals surface area contributed by atoms with Crippen LogP contribution in [0.2, 0.25) is 0 Å². The SMILES string of the molecule is CONC(=O)C1c2ccccc2Oc2ccccc21. The molecule has 4 nitrogen and oxygen atoms in total. The number of carbonyl (C=O) groups is 1. The van der Waals surface area contributed by atoms with Gasteiger partial charge in [-0.2, -0.15) is 0 Å². The molecule has 3 rings (SSSR count). The summed E-state index contributed by atoms with van der Waals surface area (Å²) in [5, 5.41) is 0. The fraction of sp³-hybridized carbons (Fsp3) is 0.133. The summed E-state index contributed by atoms with van der Waals surface area (Å²) in [5.41, 5.74) is 4.09. The van der Waals surface area contributed by atoms with E-state index in [-0.39, 0.29) is 5.91 Å². The van der Waals surface area contributed by atoms with E-state index < -0.39 is 5.92 Å². The van der Waals surface area contributed by atoms with Crippen LogP contribution in [0.4, 0.5) is 0 Å². The van der Waals surface area contributed by atoms with Crippen molar-refractivity contribution in [2.75, 3.05) is 7.11 Å². The average Bonchev–Trinajstić information content (AvgIpc) is 2.44. The van der Waals surface area contributed by atoms with Crippen molar-refractivity contribution in [1.29, 1.82) is 0 Å². The van der Waals surface area contributed by atoms with Gasteiger partial charge in [0, 0.05) is 11.1 Å². The van der Waals surface area contributed by atoms with E-state index in [2.05, 4.69) is 5.48 Å². The molecule has 1 heterocycles. The Balaban J connectivity index is 2.14. The molecule has 4 heteroatoms. The molecule has 0 aliphatic carbocycles. The molecule has 1 N–H and O–H groups in total. The maximum absolute atomic E-state index is 12.2. The predicted octanol–water partition coefficient (Wildman–Crippen LogP) is 2.60. The van der Waals surface area contributed by atoms with Crippen molar-refractivity contribution >= 4 is 5.91 Å². The second-order valence-electron chi connectivity index (χ2n) is 4.28. The van der Waals surface area contributed by atoms with Crippen LogP contribution in [0, 0.1) is 0 Å². The van der Waals surface area contributed by atoms with Crippen molar-refractivity contribution in [2.24, 2.45) is 0 Å². The van der Waals surface area contributed by atoms with E-state index in [1.54, 1.807) is 0 Å². The first-order chi connectivity index (χ1) is 9.31. The molecule has 2 aromatic rings. The molecule has 0 saturated heterocycles. The third-order valence-corrected chi connectivity index (χ3v) is 3.14. The highest BCUT2D eigenvalue weighted by molar-refractivity contribution is 5.88. The maximum Gasteiger partial charge on any atom is 0.255 e. The first-order valence-corrected chi connectivity index (χ1v) is 6.00. The first kappa shape index (κ1) is 11.7. The molecule has 0 radical (unpaired) electrons. The van der Waals surface area contributed by atoms with Gasteiger partial charge in [0.15, 0.2) is 0 Å². The number of para-hydroxylation sites is 2. The Morgan fingerprint density at radius 3 is 2.11 bits per heavy atom. The van der Waals surface area contributed by atoms with Crippen LogP contribution < -0.4 is 10.2 Å². The van der Waals surface area contributed by atoms with E-state index in [0.29, 0.717) is 11.5 Å². The monoisotopic (exact) mass is 255 g/mol. The topological polar surface area (TPSA) is 47.6 Å². The highest BCUT2D eigenvalue weighted by Gasteiger charge is 2.32. The zero-order valence-electron chi connectivity index (χ0n) is 10.4. The Labute approximate surface area is 110 Å². The van der Waals surface area contributed by atoms with Gasteiger partial charge < -0.3 is 4.74 Å². The van der Waals surface area contributed by atoms with Gasteiger partial charge in [-0.05, 0) is 12.1 Å². The van der Waals surface area contributed by atoms with E-state index >= 15 is 0 Å². The summed E-state index contributed by atoms with van der Waals surface area (Å²) in [7, 11) is 1.43. The van der Waals surface area contributed by atoms with Gasteiger partial charge in [0.05, 0.1) is 13.0 Å². The van der Waals surface area contributed by atoms with Gasteiger partial charge in [-0.15, -0.1) is 0 Å². The van der Waals surface area contributed by atoms with Crippen LogP contribution in [0.1, 0.15) is 17.0 Å². The van der Waals surface area contributed by atoms with Crippen molar-refractivity contribution < 1.29 is 14.4 Å². The summed E-state index contributed by atoms with van der Waals surface area (Å²) < 4.78 is 5.82. The van der Waals surface area contributed by atoms with Crippen molar-refractivity contribution in [3.8, 4) is 11.5 Å². The van der Waals surface area contributed by atoms with Crippen molar-refractivity contribution in [1.82, 2.24) is 5.48 Å². The lowest BCUT2D eigenvalue weighted by Gasteiger charge is -2.26. The molecular formula is C15H13NO3. The molecule has 19 heavy (non-hydrogen) atoms. The van der Waals surface area contributed by atoms with E-state index in [0.717, 1.165) is 11.1 Å². The number of hydrogen-bond acceptors (Lipinski definition) is 3. The van der Waals surface area contributed by atoms with Gasteiger partial charge >= 0.3 is 0 Å². The summed E-state index contributed by atoms with van der Waals surface area (Å²) in [4.78, 5) is 17.0. The summed E-state index contributed by atoms with van der Waals surface area (Å²) in [6.45, 7) is 0. The molecule has 1 aliphatic rings. The summed E-state index contributed by atoms with van der Waals surface area (Å²) in [6, 6.07) is 15.1. The minimum atomic E-state index is -0.416. The molecule has 96 valence electrons. The van der Waals surface area contributed by atoms with Gasteiger partial charge in [0.2, 0.25) is 0 Å². The minimum absolute atomic E-state index is 0.203. The largest absolute Gasteiger partial charge is 0.457 e. The van der Waals surface area contributed by atoms with Crippen LogP contribution >= 0.6 is 0 Å². The lowest BCUT2D eigenvalue weighted by atomic mass is 9.87. The fourth-order valence-electron chi connectivity index (χ4n) is 2.35. The Morgan fingerprint density at radius 2 is 1.58 bits per heavy atom. The van der Waals surface area contributed by atoms with Crippen molar-refractivity contribution in [3.63, 3.8) is 0 Å². The van der Waals surface area contributed by atoms with Crippen molar-refractivity contribution in [2.45, 2.75) is 5.92 Å². The third-order valence-electron chi connectivity index (χ3n) is 3.14. The van der Waals surface area contributed by atoms with Crippen LogP contribution in [0.3, 0.4) is 0 Å². The highest BCUT2D eigenvalue weighted by Crippen LogP contribution is 2.43. The molecule has 0 saturated carbocycles. The quantitative estimate of drug-likeness (QED) is 0.839. The Hall–Kier alpha value is -2.33. The molecular weight excluding hydrogens is 242 g/mol. The first-order valence-electron chi connectivity index (χ1n) is 6.00. The number of benzene rings is 2. The summed E-state index contributed by atoms with van der Waals surface area (Å²) >= 11 is 0. The van der Waals surface area contributed by atoms with Crippen LogP contribution in [0.25, 0.3) is 0 Å². The summed E-state index contributed by atoms with van der Waals surface area (Å²) in [5.74, 6) is 0.793. The van der Waals surface area contributed by atoms with Crippen molar-refractivity contribution in [3.05, 3.63) is 59.7 Å². The predicted molar refractivity (Wildman–Crippen MR) is 70.0 cm³/mol. The molecule has 0 spiro atoms. The zero-order chi connectivity index (χ0) is 13.2. The zero-order valence-corrected chi connectivity index (χ0v) is 10.4. The number of hydroxylamine groups is 1. The van der Waals surface area contributed by atoms with Gasteiger partial charge in [-0.25, -0.2) is 5.48 Å². The number of hydrogen-bond donors (Lipinski definition) is 1. The lowest BCUT2D eigenvalue weighted by Crippen LogP contribution is -2.30. The molecule has 0 aromatic heterocycles. The van der Waals surface area contributed by atoms with Gasteiger partial charge in [-0.1, -0.05) is 36.4 Å². The maximum atomic E-state index is 12.2. The second-order valence-corrected chi connectivity index (χ2v) is 4.28. The van der Waals surface area contributed by atoms with Crippen LogP contribution in [0.15, 0.2) is 48.5 Å².